The molecule has 7 heteroatoms. The molecule has 10 atom stereocenters. The zero-order valence-electron chi connectivity index (χ0n) is 22.3. The SMILES string of the molecule is CO[C@@H]1[C@@H](C)[C@]2(C)[C@H](C=C[C@H]3[C@H](C)/C=C\C=C\[C@H](C)CC(=O)[C@@H](C)C(=O)C(Cl)(Cl)C(=O)[C@H]32)C[C@@]1(C)O. The van der Waals surface area contributed by atoms with Crippen LogP contribution in [0.1, 0.15) is 54.4 Å². The van der Waals surface area contributed by atoms with Crippen LogP contribution in [0.3, 0.4) is 0 Å². The van der Waals surface area contributed by atoms with Gasteiger partial charge in [0.05, 0.1) is 17.6 Å². The minimum atomic E-state index is -2.37. The van der Waals surface area contributed by atoms with E-state index in [1.165, 1.54) is 6.92 Å². The number of hydrogen-bond donors (Lipinski definition) is 1. The third-order valence-corrected chi connectivity index (χ3v) is 9.97. The number of rotatable bonds is 1. The van der Waals surface area contributed by atoms with Gasteiger partial charge in [0.1, 0.15) is 5.78 Å². The highest BCUT2D eigenvalue weighted by Gasteiger charge is 2.64. The molecular formula is C29H40Cl2O5. The summed E-state index contributed by atoms with van der Waals surface area (Å²) in [6.07, 6.45) is 11.9. The van der Waals surface area contributed by atoms with Gasteiger partial charge in [0.15, 0.2) is 11.6 Å². The van der Waals surface area contributed by atoms with Gasteiger partial charge in [-0.1, -0.05) is 87.4 Å². The maximum absolute atomic E-state index is 14.3. The van der Waals surface area contributed by atoms with E-state index in [4.69, 9.17) is 27.9 Å². The summed E-state index contributed by atoms with van der Waals surface area (Å²) in [7, 11) is 1.56. The number of carbonyl (C=O) groups excluding carboxylic acids is 3. The molecule has 1 N–H and O–H groups in total. The van der Waals surface area contributed by atoms with Gasteiger partial charge in [-0.05, 0) is 55.3 Å². The number of halogens is 2. The first-order chi connectivity index (χ1) is 16.6. The number of fused-ring (bicyclic) bond motifs is 3. The molecule has 1 fully saturated rings. The van der Waals surface area contributed by atoms with Crippen molar-refractivity contribution in [1.29, 1.82) is 0 Å². The largest absolute Gasteiger partial charge is 0.387 e. The maximum atomic E-state index is 14.3. The van der Waals surface area contributed by atoms with Crippen LogP contribution in [-0.2, 0) is 19.1 Å². The molecule has 0 spiro atoms. The molecule has 0 unspecified atom stereocenters. The molecule has 0 bridgehead atoms. The topological polar surface area (TPSA) is 80.7 Å². The van der Waals surface area contributed by atoms with Crippen molar-refractivity contribution in [2.45, 2.75) is 70.4 Å². The summed E-state index contributed by atoms with van der Waals surface area (Å²) in [5.41, 5.74) is -1.80. The van der Waals surface area contributed by atoms with Gasteiger partial charge in [-0.3, -0.25) is 14.4 Å². The second-order valence-electron chi connectivity index (χ2n) is 11.7. The normalized spacial score (nSPS) is 47.4. The molecule has 0 aliphatic heterocycles. The second kappa shape index (κ2) is 10.5. The van der Waals surface area contributed by atoms with Gasteiger partial charge in [0.25, 0.3) is 0 Å². The number of carbonyl (C=O) groups is 3. The minimum Gasteiger partial charge on any atom is -0.387 e. The van der Waals surface area contributed by atoms with Crippen molar-refractivity contribution >= 4 is 40.6 Å². The monoisotopic (exact) mass is 538 g/mol. The first kappa shape index (κ1) is 29.3. The maximum Gasteiger partial charge on any atom is 0.234 e. The Bertz CT molecular complexity index is 980. The van der Waals surface area contributed by atoms with Gasteiger partial charge in [-0.15, -0.1) is 0 Å². The molecule has 0 aromatic carbocycles. The van der Waals surface area contributed by atoms with Crippen LogP contribution in [0.2, 0.25) is 0 Å². The first-order valence-electron chi connectivity index (χ1n) is 12.9. The molecule has 0 heterocycles. The lowest BCUT2D eigenvalue weighted by atomic mass is 9.46. The van der Waals surface area contributed by atoms with Crippen LogP contribution >= 0.6 is 23.2 Å². The lowest BCUT2D eigenvalue weighted by Gasteiger charge is -2.60. The highest BCUT2D eigenvalue weighted by molar-refractivity contribution is 6.68. The number of ketones is 3. The summed E-state index contributed by atoms with van der Waals surface area (Å²) >= 11 is 13.3. The van der Waals surface area contributed by atoms with Crippen molar-refractivity contribution in [2.75, 3.05) is 7.11 Å². The van der Waals surface area contributed by atoms with Gasteiger partial charge >= 0.3 is 0 Å². The molecule has 5 nitrogen and oxygen atoms in total. The van der Waals surface area contributed by atoms with E-state index in [2.05, 4.69) is 6.08 Å². The second-order valence-corrected chi connectivity index (χ2v) is 13.0. The number of allylic oxidation sites excluding steroid dienone is 6. The van der Waals surface area contributed by atoms with E-state index in [0.29, 0.717) is 6.42 Å². The molecule has 0 aromatic rings. The molecule has 36 heavy (non-hydrogen) atoms. The van der Waals surface area contributed by atoms with Gasteiger partial charge < -0.3 is 9.84 Å². The third-order valence-electron chi connectivity index (χ3n) is 9.23. The minimum absolute atomic E-state index is 0.0650. The van der Waals surface area contributed by atoms with Crippen LogP contribution in [0, 0.1) is 46.8 Å². The van der Waals surface area contributed by atoms with Gasteiger partial charge in [-0.25, -0.2) is 0 Å². The average Bonchev–Trinajstić information content (AvgIpc) is 2.80. The third kappa shape index (κ3) is 4.93. The molecule has 0 amide bonds. The Balaban J connectivity index is 2.21. The summed E-state index contributed by atoms with van der Waals surface area (Å²) in [4.78, 5) is 40.7. The molecule has 0 aromatic heterocycles. The number of alkyl halides is 2. The van der Waals surface area contributed by atoms with Crippen molar-refractivity contribution in [1.82, 2.24) is 0 Å². The number of methoxy groups -OCH3 is 1. The zero-order chi connectivity index (χ0) is 27.2. The number of ether oxygens (including phenoxy) is 1. The molecule has 3 rings (SSSR count). The summed E-state index contributed by atoms with van der Waals surface area (Å²) in [6.45, 7) is 11.2. The van der Waals surface area contributed by atoms with Gasteiger partial charge in [0.2, 0.25) is 4.33 Å². The standard InChI is InChI=1S/C29H40Cl2O5/c1-16-10-8-9-11-17(2)21-13-12-20-15-27(5,35)26(36-7)19(4)28(20,6)23(21)25(34)29(30,31)24(33)18(3)22(32)14-16/h8-13,16-21,23,26,35H,14-15H2,1-7H3/b10-8+,11-9-/t16-,17+,18+,19+,20+,21-,23-,26+,27+,28+/m0/s1. The van der Waals surface area contributed by atoms with E-state index in [0.717, 1.165) is 0 Å². The summed E-state index contributed by atoms with van der Waals surface area (Å²) in [5, 5.41) is 11.2. The van der Waals surface area contributed by atoms with E-state index in [-0.39, 0.29) is 41.8 Å². The summed E-state index contributed by atoms with van der Waals surface area (Å²) in [5.74, 6) is -4.33. The van der Waals surface area contributed by atoms with Gasteiger partial charge in [-0.2, -0.15) is 0 Å². The lowest BCUT2D eigenvalue weighted by molar-refractivity contribution is -0.199. The number of Topliss-reactive ketones (excluding diaryl/α,β-unsaturated/α-hetero) is 3. The van der Waals surface area contributed by atoms with Crippen LogP contribution in [-0.4, -0.2) is 45.6 Å². The highest BCUT2D eigenvalue weighted by atomic mass is 35.5. The van der Waals surface area contributed by atoms with Crippen LogP contribution < -0.4 is 0 Å². The van der Waals surface area contributed by atoms with Crippen LogP contribution in [0.15, 0.2) is 36.5 Å². The molecule has 0 radical (unpaired) electrons. The Kier molecular flexibility index (Phi) is 8.52. The molecule has 200 valence electrons. The predicted molar refractivity (Wildman–Crippen MR) is 143 cm³/mol. The fourth-order valence-electron chi connectivity index (χ4n) is 6.87. The van der Waals surface area contributed by atoms with Crippen molar-refractivity contribution in [3.8, 4) is 0 Å². The van der Waals surface area contributed by atoms with E-state index in [1.54, 1.807) is 14.0 Å². The van der Waals surface area contributed by atoms with Crippen molar-refractivity contribution in [2.24, 2.45) is 46.8 Å². The molecule has 3 aliphatic rings. The lowest BCUT2D eigenvalue weighted by Crippen LogP contribution is -2.64. The summed E-state index contributed by atoms with van der Waals surface area (Å²) in [6, 6.07) is 0. The van der Waals surface area contributed by atoms with E-state index in [9.17, 15) is 19.5 Å². The molecule has 1 saturated carbocycles. The fourth-order valence-corrected chi connectivity index (χ4v) is 7.44. The Hall–Kier alpha value is -1.27. The molecule has 3 aliphatic carbocycles. The highest BCUT2D eigenvalue weighted by Crippen LogP contribution is 2.60. The Morgan fingerprint density at radius 1 is 0.944 bits per heavy atom. The van der Waals surface area contributed by atoms with Crippen molar-refractivity contribution in [3.63, 3.8) is 0 Å². The van der Waals surface area contributed by atoms with E-state index >= 15 is 0 Å². The van der Waals surface area contributed by atoms with E-state index in [1.807, 2.05) is 58.1 Å². The molecular weight excluding hydrogens is 499 g/mol. The van der Waals surface area contributed by atoms with E-state index < -0.39 is 44.9 Å². The fraction of sp³-hybridized carbons (Fsp3) is 0.690. The smallest absolute Gasteiger partial charge is 0.234 e. The van der Waals surface area contributed by atoms with Crippen LogP contribution in [0.4, 0.5) is 0 Å². The average molecular weight is 540 g/mol. The number of aliphatic hydroxyl groups is 1. The van der Waals surface area contributed by atoms with Crippen molar-refractivity contribution in [3.05, 3.63) is 36.5 Å². The Labute approximate surface area is 225 Å². The Morgan fingerprint density at radius 3 is 2.17 bits per heavy atom. The molecule has 0 saturated heterocycles. The van der Waals surface area contributed by atoms with Crippen LogP contribution in [0.5, 0.6) is 0 Å². The van der Waals surface area contributed by atoms with Gasteiger partial charge in [0, 0.05) is 19.4 Å². The Morgan fingerprint density at radius 2 is 1.56 bits per heavy atom. The summed E-state index contributed by atoms with van der Waals surface area (Å²) < 4.78 is 3.40. The predicted octanol–water partition coefficient (Wildman–Crippen LogP) is 5.52. The quantitative estimate of drug-likeness (QED) is 0.270. The van der Waals surface area contributed by atoms with Crippen molar-refractivity contribution < 1.29 is 24.2 Å². The zero-order valence-corrected chi connectivity index (χ0v) is 23.8. The van der Waals surface area contributed by atoms with Crippen LogP contribution in [0.25, 0.3) is 0 Å². The first-order valence-corrected chi connectivity index (χ1v) is 13.6. The number of hydrogen-bond acceptors (Lipinski definition) is 5.